The van der Waals surface area contributed by atoms with Crippen LogP contribution < -0.4 is 10.6 Å². The fourth-order valence-corrected chi connectivity index (χ4v) is 3.08. The fourth-order valence-electron chi connectivity index (χ4n) is 3.08. The second kappa shape index (κ2) is 4.24. The first kappa shape index (κ1) is 11.8. The molecule has 1 aliphatic carbocycles. The Kier molecular flexibility index (Phi) is 2.50. The molecule has 1 amide bonds. The topological polar surface area (TPSA) is 84.2 Å². The van der Waals surface area contributed by atoms with Crippen molar-refractivity contribution in [1.29, 1.82) is 0 Å². The maximum Gasteiger partial charge on any atom is 0.291 e. The maximum atomic E-state index is 12.2. The van der Waals surface area contributed by atoms with Crippen LogP contribution in [0.5, 0.6) is 0 Å². The summed E-state index contributed by atoms with van der Waals surface area (Å²) in [5, 5.41) is 10.6. The summed E-state index contributed by atoms with van der Waals surface area (Å²) in [4.78, 5) is 20.4. The second-order valence-electron chi connectivity index (χ2n) is 5.64. The van der Waals surface area contributed by atoms with E-state index in [0.717, 1.165) is 32.4 Å². The third kappa shape index (κ3) is 1.85. The van der Waals surface area contributed by atoms with Gasteiger partial charge in [-0.05, 0) is 43.8 Å². The number of fused-ring (bicyclic) bond motifs is 1. The second-order valence-corrected chi connectivity index (χ2v) is 5.64. The van der Waals surface area contributed by atoms with Crippen LogP contribution in [0.4, 0.5) is 0 Å². The average Bonchev–Trinajstić information content (AvgIpc) is 2.95. The summed E-state index contributed by atoms with van der Waals surface area (Å²) in [6.07, 6.45) is 6.72. The smallest absolute Gasteiger partial charge is 0.291 e. The SMILES string of the molecule is O=C(NC1CC12CCNCC2)c1nc2ncccn2n1. The number of hydrogen-bond donors (Lipinski definition) is 2. The van der Waals surface area contributed by atoms with Gasteiger partial charge >= 0.3 is 0 Å². The highest BCUT2D eigenvalue weighted by Crippen LogP contribution is 2.52. The van der Waals surface area contributed by atoms with E-state index in [1.54, 1.807) is 18.5 Å². The van der Waals surface area contributed by atoms with Crippen molar-refractivity contribution in [3.05, 3.63) is 24.3 Å². The highest BCUT2D eigenvalue weighted by Gasteiger charge is 2.54. The van der Waals surface area contributed by atoms with E-state index in [4.69, 9.17) is 0 Å². The molecule has 0 radical (unpaired) electrons. The van der Waals surface area contributed by atoms with Crippen LogP contribution in [0.1, 0.15) is 29.9 Å². The lowest BCUT2D eigenvalue weighted by Gasteiger charge is -2.23. The van der Waals surface area contributed by atoms with Crippen molar-refractivity contribution in [2.24, 2.45) is 5.41 Å². The summed E-state index contributed by atoms with van der Waals surface area (Å²) in [7, 11) is 0. The predicted molar refractivity (Wildman–Crippen MR) is 71.2 cm³/mol. The van der Waals surface area contributed by atoms with Crippen LogP contribution in [0.3, 0.4) is 0 Å². The van der Waals surface area contributed by atoms with Gasteiger partial charge in [0.1, 0.15) is 0 Å². The molecule has 1 saturated carbocycles. The third-order valence-electron chi connectivity index (χ3n) is 4.41. The summed E-state index contributed by atoms with van der Waals surface area (Å²) in [5.74, 6) is 0.445. The zero-order chi connectivity index (χ0) is 13.6. The number of nitrogens with zero attached hydrogens (tertiary/aromatic N) is 4. The molecule has 2 aromatic heterocycles. The zero-order valence-electron chi connectivity index (χ0n) is 11.0. The Morgan fingerprint density at radius 3 is 3.10 bits per heavy atom. The number of carbonyl (C=O) groups excluding carboxylic acids is 1. The first-order chi connectivity index (χ1) is 9.77. The van der Waals surface area contributed by atoms with E-state index < -0.39 is 0 Å². The number of carbonyl (C=O) groups is 1. The molecule has 20 heavy (non-hydrogen) atoms. The Morgan fingerprint density at radius 1 is 1.45 bits per heavy atom. The summed E-state index contributed by atoms with van der Waals surface area (Å²) < 4.78 is 1.52. The van der Waals surface area contributed by atoms with Crippen molar-refractivity contribution in [3.63, 3.8) is 0 Å². The van der Waals surface area contributed by atoms with Gasteiger partial charge in [-0.1, -0.05) is 0 Å². The predicted octanol–water partition coefficient (Wildman–Crippen LogP) is -0.00380. The van der Waals surface area contributed by atoms with Crippen molar-refractivity contribution in [3.8, 4) is 0 Å². The molecular weight excluding hydrogens is 256 g/mol. The van der Waals surface area contributed by atoms with Crippen LogP contribution in [0, 0.1) is 5.41 Å². The number of rotatable bonds is 2. The van der Waals surface area contributed by atoms with Gasteiger partial charge in [-0.3, -0.25) is 4.79 Å². The highest BCUT2D eigenvalue weighted by atomic mass is 16.2. The van der Waals surface area contributed by atoms with Gasteiger partial charge in [0.15, 0.2) is 0 Å². The molecule has 1 atom stereocenters. The van der Waals surface area contributed by atoms with Crippen LogP contribution in [0.25, 0.3) is 5.78 Å². The van der Waals surface area contributed by atoms with Gasteiger partial charge in [-0.15, -0.1) is 5.10 Å². The van der Waals surface area contributed by atoms with Crippen molar-refractivity contribution in [2.75, 3.05) is 13.1 Å². The fraction of sp³-hybridized carbons (Fsp3) is 0.538. The van der Waals surface area contributed by atoms with E-state index in [-0.39, 0.29) is 17.8 Å². The Balaban J connectivity index is 1.48. The number of piperidine rings is 1. The molecule has 3 heterocycles. The van der Waals surface area contributed by atoms with Gasteiger partial charge in [0.2, 0.25) is 5.82 Å². The molecule has 4 rings (SSSR count). The van der Waals surface area contributed by atoms with Crippen LogP contribution in [-0.2, 0) is 0 Å². The van der Waals surface area contributed by atoms with Crippen molar-refractivity contribution in [1.82, 2.24) is 30.2 Å². The molecule has 0 aromatic carbocycles. The van der Waals surface area contributed by atoms with Crippen molar-refractivity contribution < 1.29 is 4.79 Å². The summed E-state index contributed by atoms with van der Waals surface area (Å²) in [6.45, 7) is 2.09. The van der Waals surface area contributed by atoms with E-state index >= 15 is 0 Å². The largest absolute Gasteiger partial charge is 0.346 e. The van der Waals surface area contributed by atoms with Gasteiger partial charge in [0.05, 0.1) is 0 Å². The monoisotopic (exact) mass is 272 g/mol. The van der Waals surface area contributed by atoms with E-state index in [0.29, 0.717) is 11.2 Å². The normalized spacial score (nSPS) is 23.9. The van der Waals surface area contributed by atoms with Gasteiger partial charge in [-0.25, -0.2) is 9.50 Å². The average molecular weight is 272 g/mol. The Bertz CT molecular complexity index is 627. The molecule has 2 aromatic rings. The number of hydrogen-bond acceptors (Lipinski definition) is 5. The Hall–Kier alpha value is -2.02. The van der Waals surface area contributed by atoms with Crippen LogP contribution >= 0.6 is 0 Å². The molecule has 7 nitrogen and oxygen atoms in total. The van der Waals surface area contributed by atoms with Gasteiger partial charge in [-0.2, -0.15) is 4.98 Å². The van der Waals surface area contributed by atoms with Gasteiger partial charge in [0.25, 0.3) is 11.7 Å². The molecule has 1 saturated heterocycles. The van der Waals surface area contributed by atoms with E-state index in [9.17, 15) is 4.79 Å². The van der Waals surface area contributed by atoms with E-state index in [1.165, 1.54) is 4.52 Å². The van der Waals surface area contributed by atoms with Crippen molar-refractivity contribution in [2.45, 2.75) is 25.3 Å². The quantitative estimate of drug-likeness (QED) is 0.803. The Morgan fingerprint density at radius 2 is 2.30 bits per heavy atom. The van der Waals surface area contributed by atoms with Gasteiger partial charge < -0.3 is 10.6 Å². The van der Waals surface area contributed by atoms with Crippen LogP contribution in [0.2, 0.25) is 0 Å². The summed E-state index contributed by atoms with van der Waals surface area (Å²) in [5.41, 5.74) is 0.318. The summed E-state index contributed by atoms with van der Waals surface area (Å²) in [6, 6.07) is 2.03. The lowest BCUT2D eigenvalue weighted by molar-refractivity contribution is 0.0932. The molecule has 2 fully saturated rings. The standard InChI is InChI=1S/C13H16N6O/c20-11(10-17-12-15-4-1-7-19(12)18-10)16-9-8-13(9)2-5-14-6-3-13/h1,4,7,9,14H,2-3,5-6,8H2,(H,16,20). The molecule has 104 valence electrons. The first-order valence-corrected chi connectivity index (χ1v) is 6.96. The molecule has 0 bridgehead atoms. The van der Waals surface area contributed by atoms with Crippen molar-refractivity contribution >= 4 is 11.7 Å². The highest BCUT2D eigenvalue weighted by molar-refractivity contribution is 5.91. The number of amides is 1. The maximum absolute atomic E-state index is 12.2. The zero-order valence-corrected chi connectivity index (χ0v) is 11.0. The molecule has 1 aliphatic heterocycles. The number of nitrogens with one attached hydrogen (secondary N) is 2. The third-order valence-corrected chi connectivity index (χ3v) is 4.41. The molecule has 2 N–H and O–H groups in total. The Labute approximate surface area is 115 Å². The minimum atomic E-state index is -0.198. The van der Waals surface area contributed by atoms with Crippen LogP contribution in [-0.4, -0.2) is 44.6 Å². The minimum Gasteiger partial charge on any atom is -0.346 e. The summed E-state index contributed by atoms with van der Waals surface area (Å²) >= 11 is 0. The first-order valence-electron chi connectivity index (χ1n) is 6.96. The molecule has 1 spiro atoms. The number of aromatic nitrogens is 4. The molecule has 7 heteroatoms. The minimum absolute atomic E-state index is 0.194. The molecule has 2 aliphatic rings. The lowest BCUT2D eigenvalue weighted by Crippen LogP contribution is -2.36. The van der Waals surface area contributed by atoms with Gasteiger partial charge in [0, 0.05) is 18.4 Å². The molecular formula is C13H16N6O. The van der Waals surface area contributed by atoms with Crippen LogP contribution in [0.15, 0.2) is 18.5 Å². The lowest BCUT2D eigenvalue weighted by atomic mass is 9.94. The van der Waals surface area contributed by atoms with E-state index in [2.05, 4.69) is 25.7 Å². The molecule has 1 unspecified atom stereocenters. The van der Waals surface area contributed by atoms with E-state index in [1.807, 2.05) is 0 Å².